The van der Waals surface area contributed by atoms with Crippen LogP contribution in [0.15, 0.2) is 60.9 Å². The molecule has 2 saturated heterocycles. The van der Waals surface area contributed by atoms with Crippen molar-refractivity contribution in [2.75, 3.05) is 58.3 Å². The van der Waals surface area contributed by atoms with E-state index < -0.39 is 0 Å². The van der Waals surface area contributed by atoms with Crippen LogP contribution in [-0.2, 0) is 22.6 Å². The molecule has 4 heterocycles. The monoisotopic (exact) mass is 668 g/mol. The molecule has 2 fully saturated rings. The summed E-state index contributed by atoms with van der Waals surface area (Å²) in [6.07, 6.45) is 4.06. The number of rotatable bonds is 13. The number of carbonyl (C=O) groups is 2. The Morgan fingerprint density at radius 3 is 1.86 bits per heavy atom. The van der Waals surface area contributed by atoms with E-state index in [1.807, 2.05) is 32.2 Å². The zero-order valence-electron chi connectivity index (χ0n) is 28.6. The first kappa shape index (κ1) is 35.4. The first-order valence-electron chi connectivity index (χ1n) is 16.2. The number of methoxy groups -OCH3 is 2. The minimum atomic E-state index is -0.277. The van der Waals surface area contributed by atoms with Crippen molar-refractivity contribution in [1.82, 2.24) is 20.6 Å². The number of pyridine rings is 2. The summed E-state index contributed by atoms with van der Waals surface area (Å²) < 4.78 is 21.0. The van der Waals surface area contributed by atoms with E-state index >= 15 is 0 Å². The normalized spacial score (nSPS) is 14.1. The Morgan fingerprint density at radius 2 is 1.35 bits per heavy atom. The van der Waals surface area contributed by atoms with Crippen molar-refractivity contribution in [2.24, 2.45) is 0 Å². The smallest absolute Gasteiger partial charge is 0.274 e. The molecule has 6 rings (SSSR count). The lowest BCUT2D eigenvalue weighted by atomic mass is 9.94. The van der Waals surface area contributed by atoms with Gasteiger partial charge in [0.1, 0.15) is 22.9 Å². The van der Waals surface area contributed by atoms with Gasteiger partial charge in [-0.15, -0.1) is 0 Å². The van der Waals surface area contributed by atoms with Gasteiger partial charge in [0.25, 0.3) is 5.91 Å². The number of hydrogen-bond donors (Lipinski definition) is 4. The maximum atomic E-state index is 13.0. The predicted octanol–water partition coefficient (Wildman–Crippen LogP) is 4.55. The van der Waals surface area contributed by atoms with Gasteiger partial charge in [-0.3, -0.25) is 19.6 Å². The Balaban J connectivity index is 0.000000244. The van der Waals surface area contributed by atoms with E-state index in [4.69, 9.17) is 18.9 Å². The Morgan fingerprint density at radius 1 is 0.816 bits per heavy atom. The molecule has 2 aromatic carbocycles. The minimum absolute atomic E-state index is 0.277. The molecule has 4 aromatic rings. The van der Waals surface area contributed by atoms with Gasteiger partial charge in [0.15, 0.2) is 6.29 Å². The summed E-state index contributed by atoms with van der Waals surface area (Å²) in [5.41, 5.74) is 8.74. The van der Waals surface area contributed by atoms with Crippen molar-refractivity contribution >= 4 is 23.6 Å². The Hall–Kier alpha value is -4.88. The SMILES string of the molecule is CNc1cccc(-c2cccc(NC(=O)c3cc(OC)c(CNC4COC4)cn3)c2C)c1C.COc1cc(C=O)ncc1CNC1COC1. The Bertz CT molecular complexity index is 1760. The van der Waals surface area contributed by atoms with Crippen LogP contribution in [-0.4, -0.2) is 81.9 Å². The zero-order valence-corrected chi connectivity index (χ0v) is 28.6. The highest BCUT2D eigenvalue weighted by atomic mass is 16.5. The first-order valence-corrected chi connectivity index (χ1v) is 16.2. The largest absolute Gasteiger partial charge is 0.496 e. The van der Waals surface area contributed by atoms with E-state index in [0.717, 1.165) is 58.0 Å². The quantitative estimate of drug-likeness (QED) is 0.149. The second-order valence-electron chi connectivity index (χ2n) is 11.8. The number of carbonyl (C=O) groups excluding carboxylic acids is 2. The van der Waals surface area contributed by atoms with Crippen LogP contribution in [0, 0.1) is 13.8 Å². The van der Waals surface area contributed by atoms with Crippen LogP contribution in [0.5, 0.6) is 11.5 Å². The van der Waals surface area contributed by atoms with Gasteiger partial charge in [-0.05, 0) is 48.2 Å². The Labute approximate surface area is 286 Å². The molecule has 1 amide bonds. The van der Waals surface area contributed by atoms with Crippen LogP contribution >= 0.6 is 0 Å². The van der Waals surface area contributed by atoms with Gasteiger partial charge in [-0.25, -0.2) is 0 Å². The van der Waals surface area contributed by atoms with E-state index in [0.29, 0.717) is 67.6 Å². The molecule has 0 unspecified atom stereocenters. The molecule has 0 aliphatic carbocycles. The number of nitrogens with zero attached hydrogens (tertiary/aromatic N) is 2. The lowest BCUT2D eigenvalue weighted by Crippen LogP contribution is -2.45. The summed E-state index contributed by atoms with van der Waals surface area (Å²) in [6.45, 7) is 8.33. The number of benzene rings is 2. The molecule has 12 heteroatoms. The number of nitrogens with one attached hydrogen (secondary N) is 4. The molecule has 2 aliphatic heterocycles. The predicted molar refractivity (Wildman–Crippen MR) is 189 cm³/mol. The first-order chi connectivity index (χ1) is 23.8. The summed E-state index contributed by atoms with van der Waals surface area (Å²) in [6, 6.07) is 16.2. The molecule has 4 N–H and O–H groups in total. The second-order valence-corrected chi connectivity index (χ2v) is 11.8. The number of aromatic nitrogens is 2. The fraction of sp³-hybridized carbons (Fsp3) is 0.351. The molecule has 258 valence electrons. The fourth-order valence-corrected chi connectivity index (χ4v) is 5.44. The van der Waals surface area contributed by atoms with E-state index in [1.54, 1.807) is 38.7 Å². The highest BCUT2D eigenvalue weighted by Crippen LogP contribution is 2.34. The maximum absolute atomic E-state index is 13.0. The number of anilines is 2. The molecule has 12 nitrogen and oxygen atoms in total. The highest BCUT2D eigenvalue weighted by Gasteiger charge is 2.20. The standard InChI is InChI=1S/C26H30N4O3.C11H14N2O3/c1-16-20(7-5-9-22(16)27-3)21-8-6-10-23(17(21)2)30-26(31)24-11-25(32-4)18(13-29-24)12-28-19-14-33-15-19;1-15-11-2-9(5-14)12-3-8(11)4-13-10-6-16-7-10/h5-11,13,19,27-28H,12,14-15H2,1-4H3,(H,30,31);2-3,5,10,13H,4,6-7H2,1H3. The van der Waals surface area contributed by atoms with Crippen LogP contribution in [0.1, 0.15) is 43.2 Å². The van der Waals surface area contributed by atoms with Crippen LogP contribution in [0.3, 0.4) is 0 Å². The third kappa shape index (κ3) is 8.78. The lowest BCUT2D eigenvalue weighted by molar-refractivity contribution is -0.00588. The molecule has 49 heavy (non-hydrogen) atoms. The van der Waals surface area contributed by atoms with Crippen LogP contribution < -0.4 is 30.7 Å². The molecule has 0 radical (unpaired) electrons. The van der Waals surface area contributed by atoms with Crippen molar-refractivity contribution in [2.45, 2.75) is 39.0 Å². The van der Waals surface area contributed by atoms with Crippen molar-refractivity contribution in [3.8, 4) is 22.6 Å². The number of aldehydes is 1. The lowest BCUT2D eigenvalue weighted by Gasteiger charge is -2.27. The van der Waals surface area contributed by atoms with E-state index in [2.05, 4.69) is 56.4 Å². The van der Waals surface area contributed by atoms with Gasteiger partial charge in [0, 0.05) is 67.2 Å². The van der Waals surface area contributed by atoms with Crippen LogP contribution in [0.2, 0.25) is 0 Å². The van der Waals surface area contributed by atoms with Gasteiger partial charge in [-0.1, -0.05) is 24.3 Å². The van der Waals surface area contributed by atoms with Gasteiger partial charge in [-0.2, -0.15) is 0 Å². The van der Waals surface area contributed by atoms with Crippen molar-refractivity contribution in [1.29, 1.82) is 0 Å². The Kier molecular flexibility index (Phi) is 12.3. The van der Waals surface area contributed by atoms with Crippen LogP contribution in [0.4, 0.5) is 11.4 Å². The fourth-order valence-electron chi connectivity index (χ4n) is 5.44. The molecular weight excluding hydrogens is 624 g/mol. The van der Waals surface area contributed by atoms with E-state index in [9.17, 15) is 9.59 Å². The third-order valence-electron chi connectivity index (χ3n) is 8.62. The van der Waals surface area contributed by atoms with E-state index in [1.165, 1.54) is 0 Å². The number of hydrogen-bond acceptors (Lipinski definition) is 11. The highest BCUT2D eigenvalue weighted by molar-refractivity contribution is 6.04. The summed E-state index contributed by atoms with van der Waals surface area (Å²) >= 11 is 0. The molecule has 0 bridgehead atoms. The second kappa shape index (κ2) is 17.0. The van der Waals surface area contributed by atoms with Gasteiger partial charge in [0.05, 0.1) is 52.7 Å². The average Bonchev–Trinajstić information content (AvgIpc) is 3.08. The van der Waals surface area contributed by atoms with Crippen molar-refractivity contribution in [3.63, 3.8) is 0 Å². The summed E-state index contributed by atoms with van der Waals surface area (Å²) in [5, 5.41) is 13.0. The molecular formula is C37H44N6O6. The van der Waals surface area contributed by atoms with Gasteiger partial charge >= 0.3 is 0 Å². The maximum Gasteiger partial charge on any atom is 0.274 e. The van der Waals surface area contributed by atoms with Gasteiger partial charge in [0.2, 0.25) is 0 Å². The average molecular weight is 669 g/mol. The molecule has 2 aromatic heterocycles. The van der Waals surface area contributed by atoms with E-state index in [-0.39, 0.29) is 5.91 Å². The summed E-state index contributed by atoms with van der Waals surface area (Å²) in [4.78, 5) is 32.0. The summed E-state index contributed by atoms with van der Waals surface area (Å²) in [7, 11) is 5.10. The van der Waals surface area contributed by atoms with Gasteiger partial charge < -0.3 is 40.2 Å². The number of ether oxygens (including phenoxy) is 4. The number of amides is 1. The van der Waals surface area contributed by atoms with Crippen molar-refractivity contribution in [3.05, 3.63) is 94.6 Å². The molecule has 0 atom stereocenters. The third-order valence-corrected chi connectivity index (χ3v) is 8.62. The van der Waals surface area contributed by atoms with Crippen molar-refractivity contribution < 1.29 is 28.5 Å². The van der Waals surface area contributed by atoms with Crippen LogP contribution in [0.25, 0.3) is 11.1 Å². The zero-order chi connectivity index (χ0) is 34.8. The minimum Gasteiger partial charge on any atom is -0.496 e. The molecule has 0 saturated carbocycles. The summed E-state index contributed by atoms with van der Waals surface area (Å²) in [5.74, 6) is 1.04. The molecule has 0 spiro atoms. The molecule has 2 aliphatic rings. The topological polar surface area (TPSA) is 145 Å².